The van der Waals surface area contributed by atoms with Crippen LogP contribution < -0.4 is 5.73 Å². The molecule has 19 heavy (non-hydrogen) atoms. The van der Waals surface area contributed by atoms with E-state index in [4.69, 9.17) is 15.0 Å². The highest BCUT2D eigenvalue weighted by Crippen LogP contribution is 2.37. The predicted molar refractivity (Wildman–Crippen MR) is 83.7 cm³/mol. The fourth-order valence-corrected chi connectivity index (χ4v) is 2.07. The van der Waals surface area contributed by atoms with Crippen LogP contribution in [0.25, 0.3) is 6.08 Å². The lowest BCUT2D eigenvalue weighted by Crippen LogP contribution is -2.41. The van der Waals surface area contributed by atoms with Gasteiger partial charge in [0.2, 0.25) is 0 Å². The first kappa shape index (κ1) is 14.6. The summed E-state index contributed by atoms with van der Waals surface area (Å²) in [7, 11) is -0.324. The topological polar surface area (TPSA) is 44.5 Å². The van der Waals surface area contributed by atoms with Crippen LogP contribution in [0, 0.1) is 0 Å². The average Bonchev–Trinajstić information content (AvgIpc) is 2.49. The van der Waals surface area contributed by atoms with Gasteiger partial charge in [-0.25, -0.2) is 0 Å². The summed E-state index contributed by atoms with van der Waals surface area (Å²) in [4.78, 5) is 0. The standard InChI is InChI=1S/C14H19BBrNO2/c1-13(2)14(3,4)19-15(18-13)8-7-10-5-6-11(16)12(17)9-10/h5-9H,17H2,1-4H3/b8-7+. The Morgan fingerprint density at radius 2 is 1.74 bits per heavy atom. The van der Waals surface area contributed by atoms with E-state index < -0.39 is 0 Å². The first-order chi connectivity index (χ1) is 8.71. The molecule has 0 atom stereocenters. The van der Waals surface area contributed by atoms with Crippen molar-refractivity contribution in [3.05, 3.63) is 34.2 Å². The van der Waals surface area contributed by atoms with Crippen LogP contribution in [0.3, 0.4) is 0 Å². The molecule has 3 nitrogen and oxygen atoms in total. The van der Waals surface area contributed by atoms with Crippen molar-refractivity contribution in [3.8, 4) is 0 Å². The molecule has 0 amide bonds. The molecule has 0 aliphatic carbocycles. The fourth-order valence-electron chi connectivity index (χ4n) is 1.82. The first-order valence-corrected chi connectivity index (χ1v) is 7.09. The van der Waals surface area contributed by atoms with Gasteiger partial charge in [0, 0.05) is 10.2 Å². The number of hydrogen-bond donors (Lipinski definition) is 1. The molecule has 1 aliphatic heterocycles. The van der Waals surface area contributed by atoms with Gasteiger partial charge in [-0.2, -0.15) is 0 Å². The molecule has 102 valence electrons. The van der Waals surface area contributed by atoms with Crippen LogP contribution in [0.1, 0.15) is 33.3 Å². The zero-order valence-electron chi connectivity index (χ0n) is 11.7. The lowest BCUT2D eigenvalue weighted by Gasteiger charge is -2.32. The molecular formula is C14H19BBrNO2. The van der Waals surface area contributed by atoms with Crippen LogP contribution in [0.2, 0.25) is 0 Å². The van der Waals surface area contributed by atoms with Gasteiger partial charge >= 0.3 is 7.12 Å². The predicted octanol–water partition coefficient (Wildman–Crippen LogP) is 3.68. The number of nitrogens with two attached hydrogens (primary N) is 1. The molecule has 5 heteroatoms. The van der Waals surface area contributed by atoms with Gasteiger partial charge in [-0.15, -0.1) is 0 Å². The second kappa shape index (κ2) is 4.96. The van der Waals surface area contributed by atoms with Gasteiger partial charge in [0.05, 0.1) is 11.2 Å². The monoisotopic (exact) mass is 323 g/mol. The Balaban J connectivity index is 2.10. The molecular weight excluding hydrogens is 305 g/mol. The maximum absolute atomic E-state index is 5.89. The molecule has 0 aromatic heterocycles. The molecule has 0 spiro atoms. The Morgan fingerprint density at radius 3 is 2.26 bits per heavy atom. The highest BCUT2D eigenvalue weighted by Gasteiger charge is 2.49. The number of anilines is 1. The largest absolute Gasteiger partial charge is 0.487 e. The van der Waals surface area contributed by atoms with E-state index in [1.54, 1.807) is 0 Å². The number of rotatable bonds is 2. The minimum absolute atomic E-state index is 0.305. The van der Waals surface area contributed by atoms with Gasteiger partial charge in [0.1, 0.15) is 0 Å². The second-order valence-corrected chi connectivity index (χ2v) is 6.62. The van der Waals surface area contributed by atoms with Crippen molar-refractivity contribution in [1.29, 1.82) is 0 Å². The Hall–Kier alpha value is -0.775. The van der Waals surface area contributed by atoms with E-state index >= 15 is 0 Å². The van der Waals surface area contributed by atoms with Gasteiger partial charge < -0.3 is 15.0 Å². The lowest BCUT2D eigenvalue weighted by molar-refractivity contribution is 0.00578. The van der Waals surface area contributed by atoms with E-state index in [1.807, 2.05) is 57.9 Å². The molecule has 0 bridgehead atoms. The summed E-state index contributed by atoms with van der Waals surface area (Å²) in [6, 6.07) is 5.83. The van der Waals surface area contributed by atoms with Crippen LogP contribution in [0.15, 0.2) is 28.6 Å². The molecule has 1 fully saturated rings. The Bertz CT molecular complexity index is 498. The maximum atomic E-state index is 5.89. The van der Waals surface area contributed by atoms with Gasteiger partial charge in [0.15, 0.2) is 0 Å². The summed E-state index contributed by atoms with van der Waals surface area (Å²) in [5.41, 5.74) is 6.98. The molecule has 0 saturated carbocycles. The van der Waals surface area contributed by atoms with Crippen molar-refractivity contribution in [2.24, 2.45) is 0 Å². The SMILES string of the molecule is CC1(C)OB(/C=C/c2ccc(Br)c(N)c2)OC1(C)C. The van der Waals surface area contributed by atoms with E-state index in [2.05, 4.69) is 15.9 Å². The summed E-state index contributed by atoms with van der Waals surface area (Å²) in [6.45, 7) is 8.16. The third-order valence-corrected chi connectivity index (χ3v) is 4.46. The molecule has 1 aromatic carbocycles. The van der Waals surface area contributed by atoms with Gasteiger partial charge in [-0.05, 0) is 61.3 Å². The smallest absolute Gasteiger partial charge is 0.400 e. The van der Waals surface area contributed by atoms with Crippen LogP contribution in [0.4, 0.5) is 5.69 Å². The Morgan fingerprint density at radius 1 is 1.16 bits per heavy atom. The summed E-state index contributed by atoms with van der Waals surface area (Å²) in [6.07, 6.45) is 1.96. The number of benzene rings is 1. The third kappa shape index (κ3) is 3.04. The molecule has 2 rings (SSSR count). The van der Waals surface area contributed by atoms with Gasteiger partial charge in [-0.1, -0.05) is 18.1 Å². The van der Waals surface area contributed by atoms with E-state index in [1.165, 1.54) is 0 Å². The summed E-state index contributed by atoms with van der Waals surface area (Å²) in [5.74, 6) is 1.92. The van der Waals surface area contributed by atoms with Crippen LogP contribution >= 0.6 is 15.9 Å². The average molecular weight is 324 g/mol. The Kier molecular flexibility index (Phi) is 3.82. The normalized spacial score (nSPS) is 21.2. The zero-order valence-corrected chi connectivity index (χ0v) is 13.3. The van der Waals surface area contributed by atoms with Crippen molar-refractivity contribution in [3.63, 3.8) is 0 Å². The van der Waals surface area contributed by atoms with E-state index in [0.29, 0.717) is 0 Å². The summed E-state index contributed by atoms with van der Waals surface area (Å²) in [5, 5.41) is 0. The third-order valence-electron chi connectivity index (χ3n) is 3.74. The van der Waals surface area contributed by atoms with Crippen molar-refractivity contribution < 1.29 is 9.31 Å². The zero-order chi connectivity index (χ0) is 14.3. The summed E-state index contributed by atoms with van der Waals surface area (Å²) >= 11 is 3.38. The quantitative estimate of drug-likeness (QED) is 0.667. The molecule has 0 radical (unpaired) electrons. The van der Waals surface area contributed by atoms with E-state index in [9.17, 15) is 0 Å². The minimum atomic E-state index is -0.324. The van der Waals surface area contributed by atoms with Crippen molar-refractivity contribution in [2.75, 3.05) is 5.73 Å². The van der Waals surface area contributed by atoms with Gasteiger partial charge in [-0.3, -0.25) is 0 Å². The van der Waals surface area contributed by atoms with Crippen LogP contribution in [-0.2, 0) is 9.31 Å². The van der Waals surface area contributed by atoms with Crippen LogP contribution in [-0.4, -0.2) is 18.3 Å². The molecule has 1 aliphatic rings. The van der Waals surface area contributed by atoms with Crippen molar-refractivity contribution in [1.82, 2.24) is 0 Å². The maximum Gasteiger partial charge on any atom is 0.487 e. The second-order valence-electron chi connectivity index (χ2n) is 5.76. The van der Waals surface area contributed by atoms with Crippen molar-refractivity contribution >= 4 is 34.8 Å². The van der Waals surface area contributed by atoms with Gasteiger partial charge in [0.25, 0.3) is 0 Å². The molecule has 1 heterocycles. The number of hydrogen-bond acceptors (Lipinski definition) is 3. The minimum Gasteiger partial charge on any atom is -0.400 e. The molecule has 2 N–H and O–H groups in total. The fraction of sp³-hybridized carbons (Fsp3) is 0.429. The number of nitrogen functional groups attached to an aromatic ring is 1. The summed E-state index contributed by atoms with van der Waals surface area (Å²) < 4.78 is 12.7. The molecule has 1 aromatic rings. The molecule has 1 saturated heterocycles. The molecule has 0 unspecified atom stereocenters. The highest BCUT2D eigenvalue weighted by atomic mass is 79.9. The lowest BCUT2D eigenvalue weighted by atomic mass is 9.89. The van der Waals surface area contributed by atoms with E-state index in [-0.39, 0.29) is 18.3 Å². The highest BCUT2D eigenvalue weighted by molar-refractivity contribution is 9.10. The number of halogens is 1. The Labute approximate surface area is 123 Å². The van der Waals surface area contributed by atoms with E-state index in [0.717, 1.165) is 15.7 Å². The van der Waals surface area contributed by atoms with Crippen LogP contribution in [0.5, 0.6) is 0 Å². The van der Waals surface area contributed by atoms with Crippen molar-refractivity contribution in [2.45, 2.75) is 38.9 Å². The first-order valence-electron chi connectivity index (χ1n) is 6.30.